The average molecular weight is 381 g/mol. The number of amides is 2. The molecule has 0 spiro atoms. The first-order valence-electron chi connectivity index (χ1n) is 9.24. The maximum absolute atomic E-state index is 12.6. The minimum atomic E-state index is -1.39. The molecule has 0 radical (unpaired) electrons. The Hall–Kier alpha value is -3.15. The summed E-state index contributed by atoms with van der Waals surface area (Å²) in [4.78, 5) is 36.0. The summed E-state index contributed by atoms with van der Waals surface area (Å²) < 4.78 is 0. The van der Waals surface area contributed by atoms with Gasteiger partial charge in [0, 0.05) is 12.0 Å². The van der Waals surface area contributed by atoms with Crippen molar-refractivity contribution in [2.45, 2.75) is 45.2 Å². The van der Waals surface area contributed by atoms with Crippen LogP contribution in [-0.2, 0) is 16.0 Å². The predicted molar refractivity (Wildman–Crippen MR) is 105 cm³/mol. The number of carbonyl (C=O) groups excluding carboxylic acids is 3. The molecular formula is C22H25N2O4-. The highest BCUT2D eigenvalue weighted by molar-refractivity contribution is 5.98. The molecule has 2 aromatic rings. The summed E-state index contributed by atoms with van der Waals surface area (Å²) in [6.45, 7) is 5.50. The van der Waals surface area contributed by atoms with E-state index >= 15 is 0 Å². The van der Waals surface area contributed by atoms with Gasteiger partial charge in [-0.25, -0.2) is 0 Å². The van der Waals surface area contributed by atoms with Crippen molar-refractivity contribution in [2.75, 3.05) is 0 Å². The number of hydrogen-bond acceptors (Lipinski definition) is 4. The molecule has 6 nitrogen and oxygen atoms in total. The Bertz CT molecular complexity index is 816. The fraction of sp³-hybridized carbons (Fsp3) is 0.318. The van der Waals surface area contributed by atoms with Gasteiger partial charge in [-0.15, -0.1) is 0 Å². The van der Waals surface area contributed by atoms with Crippen molar-refractivity contribution in [3.63, 3.8) is 0 Å². The highest BCUT2D eigenvalue weighted by Crippen LogP contribution is 2.16. The Kier molecular flexibility index (Phi) is 7.32. The lowest BCUT2D eigenvalue weighted by atomic mass is 9.98. The summed E-state index contributed by atoms with van der Waals surface area (Å²) in [5.74, 6) is -1.98. The van der Waals surface area contributed by atoms with Gasteiger partial charge in [-0.2, -0.15) is 0 Å². The molecule has 148 valence electrons. The summed E-state index contributed by atoms with van der Waals surface area (Å²) in [6.07, 6.45) is 0.239. The van der Waals surface area contributed by atoms with Gasteiger partial charge in [0.05, 0.1) is 12.0 Å². The van der Waals surface area contributed by atoms with Crippen LogP contribution in [0.3, 0.4) is 0 Å². The van der Waals surface area contributed by atoms with Crippen molar-refractivity contribution >= 4 is 17.8 Å². The van der Waals surface area contributed by atoms with E-state index in [9.17, 15) is 19.5 Å². The van der Waals surface area contributed by atoms with Gasteiger partial charge in [-0.3, -0.25) is 9.59 Å². The van der Waals surface area contributed by atoms with Crippen LogP contribution < -0.4 is 15.7 Å². The first kappa shape index (κ1) is 21.2. The molecule has 0 heterocycles. The van der Waals surface area contributed by atoms with Crippen molar-refractivity contribution in [1.82, 2.24) is 10.6 Å². The van der Waals surface area contributed by atoms with E-state index in [2.05, 4.69) is 24.5 Å². The topological polar surface area (TPSA) is 98.3 Å². The molecule has 2 rings (SSSR count). The lowest BCUT2D eigenvalue weighted by Crippen LogP contribution is -2.54. The Labute approximate surface area is 165 Å². The number of hydrogen-bond donors (Lipinski definition) is 2. The summed E-state index contributed by atoms with van der Waals surface area (Å²) in [5, 5.41) is 16.0. The molecule has 2 atom stereocenters. The Balaban J connectivity index is 2.18. The second-order valence-corrected chi connectivity index (χ2v) is 7.04. The third kappa shape index (κ3) is 5.94. The van der Waals surface area contributed by atoms with E-state index in [1.54, 1.807) is 30.3 Å². The van der Waals surface area contributed by atoms with Crippen LogP contribution in [0.25, 0.3) is 0 Å². The highest BCUT2D eigenvalue weighted by atomic mass is 16.4. The fourth-order valence-electron chi connectivity index (χ4n) is 2.69. The molecule has 28 heavy (non-hydrogen) atoms. The molecule has 0 aliphatic carbocycles. The lowest BCUT2D eigenvalue weighted by molar-refractivity contribution is -0.307. The normalized spacial score (nSPS) is 12.9. The van der Waals surface area contributed by atoms with Gasteiger partial charge in [0.1, 0.15) is 6.04 Å². The van der Waals surface area contributed by atoms with Crippen LogP contribution in [-0.4, -0.2) is 29.9 Å². The fourth-order valence-corrected chi connectivity index (χ4v) is 2.69. The van der Waals surface area contributed by atoms with Gasteiger partial charge in [0.2, 0.25) is 5.91 Å². The predicted octanol–water partition coefficient (Wildman–Crippen LogP) is 1.41. The minimum absolute atomic E-state index is 0.239. The Morgan fingerprint density at radius 3 is 2.04 bits per heavy atom. The summed E-state index contributed by atoms with van der Waals surface area (Å²) in [5.41, 5.74) is 2.45. The number of carbonyl (C=O) groups is 3. The van der Waals surface area contributed by atoms with Gasteiger partial charge in [0.15, 0.2) is 0 Å². The standard InChI is InChI=1S/C22H26N2O4/c1-14(2)17-11-9-16(10-12-17)13-19(21(26)23-15(3)22(27)28)24-20(25)18-7-5-4-6-8-18/h4-12,14-15,19H,13H2,1-3H3,(H,23,26)(H,24,25)(H,27,28)/p-1/t15-,19-/m0/s1. The number of carboxylic acids is 1. The summed E-state index contributed by atoms with van der Waals surface area (Å²) >= 11 is 0. The largest absolute Gasteiger partial charge is 0.548 e. The zero-order valence-corrected chi connectivity index (χ0v) is 16.3. The van der Waals surface area contributed by atoms with Crippen molar-refractivity contribution in [2.24, 2.45) is 0 Å². The molecule has 0 aliphatic heterocycles. The average Bonchev–Trinajstić information content (AvgIpc) is 2.68. The van der Waals surface area contributed by atoms with Crippen molar-refractivity contribution in [1.29, 1.82) is 0 Å². The number of carboxylic acid groups (broad SMARTS) is 1. The van der Waals surface area contributed by atoms with Gasteiger partial charge >= 0.3 is 0 Å². The van der Waals surface area contributed by atoms with Gasteiger partial charge in [0.25, 0.3) is 5.91 Å². The van der Waals surface area contributed by atoms with Crippen LogP contribution in [0.2, 0.25) is 0 Å². The minimum Gasteiger partial charge on any atom is -0.548 e. The zero-order chi connectivity index (χ0) is 20.7. The molecule has 0 aliphatic rings. The van der Waals surface area contributed by atoms with Crippen LogP contribution in [0.5, 0.6) is 0 Å². The van der Waals surface area contributed by atoms with E-state index in [1.165, 1.54) is 12.5 Å². The molecule has 0 unspecified atom stereocenters. The first-order valence-corrected chi connectivity index (χ1v) is 9.24. The molecule has 0 bridgehead atoms. The lowest BCUT2D eigenvalue weighted by Gasteiger charge is -2.22. The van der Waals surface area contributed by atoms with Crippen LogP contribution in [0, 0.1) is 0 Å². The smallest absolute Gasteiger partial charge is 0.251 e. The zero-order valence-electron chi connectivity index (χ0n) is 16.3. The molecular weight excluding hydrogens is 356 g/mol. The van der Waals surface area contributed by atoms with Gasteiger partial charge < -0.3 is 20.5 Å². The molecule has 6 heteroatoms. The van der Waals surface area contributed by atoms with E-state index in [0.717, 1.165) is 5.56 Å². The van der Waals surface area contributed by atoms with Crippen LogP contribution >= 0.6 is 0 Å². The van der Waals surface area contributed by atoms with Gasteiger partial charge in [-0.1, -0.05) is 56.3 Å². The highest BCUT2D eigenvalue weighted by Gasteiger charge is 2.23. The molecule has 2 N–H and O–H groups in total. The quantitative estimate of drug-likeness (QED) is 0.722. The van der Waals surface area contributed by atoms with Crippen LogP contribution in [0.4, 0.5) is 0 Å². The Morgan fingerprint density at radius 1 is 0.893 bits per heavy atom. The van der Waals surface area contributed by atoms with Crippen molar-refractivity contribution in [3.05, 3.63) is 71.3 Å². The SMILES string of the molecule is CC(C)c1ccc(C[C@H](NC(=O)c2ccccc2)C(=O)N[C@@H](C)C(=O)[O-])cc1. The maximum atomic E-state index is 12.6. The molecule has 2 amide bonds. The Morgan fingerprint density at radius 2 is 1.50 bits per heavy atom. The monoisotopic (exact) mass is 381 g/mol. The second kappa shape index (κ2) is 9.69. The number of aliphatic carboxylic acids is 1. The second-order valence-electron chi connectivity index (χ2n) is 7.04. The molecule has 0 aromatic heterocycles. The van der Waals surface area contributed by atoms with E-state index in [-0.39, 0.29) is 6.42 Å². The summed E-state index contributed by atoms with van der Waals surface area (Å²) in [6, 6.07) is 14.2. The first-order chi connectivity index (χ1) is 13.3. The molecule has 2 aromatic carbocycles. The van der Waals surface area contributed by atoms with E-state index in [4.69, 9.17) is 0 Å². The van der Waals surface area contributed by atoms with Crippen LogP contribution in [0.1, 0.15) is 48.2 Å². The third-order valence-corrected chi connectivity index (χ3v) is 4.46. The molecule has 0 saturated heterocycles. The molecule has 0 saturated carbocycles. The van der Waals surface area contributed by atoms with Crippen LogP contribution in [0.15, 0.2) is 54.6 Å². The number of nitrogens with one attached hydrogen (secondary N) is 2. The van der Waals surface area contributed by atoms with E-state index < -0.39 is 29.9 Å². The third-order valence-electron chi connectivity index (χ3n) is 4.46. The number of benzene rings is 2. The van der Waals surface area contributed by atoms with Crippen molar-refractivity contribution < 1.29 is 19.5 Å². The maximum Gasteiger partial charge on any atom is 0.251 e. The van der Waals surface area contributed by atoms with E-state index in [0.29, 0.717) is 11.5 Å². The number of rotatable bonds is 8. The summed E-state index contributed by atoms with van der Waals surface area (Å²) in [7, 11) is 0. The van der Waals surface area contributed by atoms with E-state index in [1.807, 2.05) is 24.3 Å². The van der Waals surface area contributed by atoms with Crippen molar-refractivity contribution in [3.8, 4) is 0 Å². The molecule has 0 fully saturated rings. The van der Waals surface area contributed by atoms with Gasteiger partial charge in [-0.05, 0) is 36.1 Å².